The Morgan fingerprint density at radius 1 is 1.47 bits per heavy atom. The second kappa shape index (κ2) is 5.09. The summed E-state index contributed by atoms with van der Waals surface area (Å²) in [4.78, 5) is 11.0. The van der Waals surface area contributed by atoms with Crippen LogP contribution in [0.1, 0.15) is 21.7 Å². The normalized spacial score (nSPS) is 10.5. The van der Waals surface area contributed by atoms with Crippen molar-refractivity contribution in [3.8, 4) is 5.75 Å². The summed E-state index contributed by atoms with van der Waals surface area (Å²) in [6, 6.07) is 5.15. The average molecular weight is 264 g/mol. The van der Waals surface area contributed by atoms with Crippen LogP contribution in [0.3, 0.4) is 0 Å². The summed E-state index contributed by atoms with van der Waals surface area (Å²) in [6.45, 7) is 1.97. The van der Waals surface area contributed by atoms with Gasteiger partial charge in [-0.3, -0.25) is 4.68 Å². The van der Waals surface area contributed by atoms with E-state index in [1.165, 1.54) is 6.07 Å². The van der Waals surface area contributed by atoms with Crippen LogP contribution in [0.4, 0.5) is 4.39 Å². The van der Waals surface area contributed by atoms with E-state index in [9.17, 15) is 9.18 Å². The first-order valence-corrected chi connectivity index (χ1v) is 5.62. The van der Waals surface area contributed by atoms with Crippen LogP contribution in [0.5, 0.6) is 5.75 Å². The number of halogens is 1. The zero-order valence-electron chi connectivity index (χ0n) is 10.6. The van der Waals surface area contributed by atoms with E-state index in [0.29, 0.717) is 0 Å². The number of aryl methyl sites for hydroxylation is 2. The minimum Gasteiger partial charge on any atom is -0.486 e. The minimum atomic E-state index is -1.16. The molecule has 0 radical (unpaired) electrons. The molecule has 0 spiro atoms. The van der Waals surface area contributed by atoms with Gasteiger partial charge in [0, 0.05) is 13.1 Å². The van der Waals surface area contributed by atoms with Crippen molar-refractivity contribution < 1.29 is 19.0 Å². The van der Waals surface area contributed by atoms with Gasteiger partial charge in [-0.05, 0) is 25.1 Å². The number of carboxylic acids is 1. The number of rotatable bonds is 4. The quantitative estimate of drug-likeness (QED) is 0.919. The second-order valence-corrected chi connectivity index (χ2v) is 4.13. The van der Waals surface area contributed by atoms with E-state index in [1.54, 1.807) is 11.7 Å². The third-order valence-corrected chi connectivity index (χ3v) is 2.65. The molecule has 0 bridgehead atoms. The van der Waals surface area contributed by atoms with Crippen molar-refractivity contribution in [2.24, 2.45) is 7.05 Å². The Morgan fingerprint density at radius 3 is 2.79 bits per heavy atom. The van der Waals surface area contributed by atoms with E-state index in [1.807, 2.05) is 13.0 Å². The van der Waals surface area contributed by atoms with E-state index in [2.05, 4.69) is 5.10 Å². The molecule has 0 saturated heterocycles. The van der Waals surface area contributed by atoms with Gasteiger partial charge in [-0.1, -0.05) is 0 Å². The van der Waals surface area contributed by atoms with Crippen molar-refractivity contribution in [3.05, 3.63) is 47.0 Å². The summed E-state index contributed by atoms with van der Waals surface area (Å²) >= 11 is 0. The Kier molecular flexibility index (Phi) is 3.50. The van der Waals surface area contributed by atoms with Gasteiger partial charge in [0.1, 0.15) is 23.7 Å². The Bertz CT molecular complexity index is 622. The summed E-state index contributed by atoms with van der Waals surface area (Å²) in [5.41, 5.74) is 1.54. The van der Waals surface area contributed by atoms with Gasteiger partial charge in [-0.2, -0.15) is 5.10 Å². The van der Waals surface area contributed by atoms with Crippen LogP contribution in [0.15, 0.2) is 24.3 Å². The number of benzene rings is 1. The highest BCUT2D eigenvalue weighted by atomic mass is 19.1. The molecule has 1 N–H and O–H groups in total. The molecule has 0 amide bonds. The standard InChI is InChI=1S/C13H13FN2O3/c1-8-5-10(16(2)15-8)7-19-12-6-9(14)3-4-11(12)13(17)18/h3-6H,7H2,1-2H3,(H,17,18). The number of carbonyl (C=O) groups is 1. The Hall–Kier alpha value is -2.37. The summed E-state index contributed by atoms with van der Waals surface area (Å²) < 4.78 is 20.1. The van der Waals surface area contributed by atoms with E-state index >= 15 is 0 Å². The van der Waals surface area contributed by atoms with Crippen LogP contribution in [0.25, 0.3) is 0 Å². The predicted molar refractivity (Wildman–Crippen MR) is 65.6 cm³/mol. The number of ether oxygens (including phenoxy) is 1. The van der Waals surface area contributed by atoms with E-state index in [4.69, 9.17) is 9.84 Å². The number of carboxylic acid groups (broad SMARTS) is 1. The van der Waals surface area contributed by atoms with E-state index in [0.717, 1.165) is 23.5 Å². The van der Waals surface area contributed by atoms with Gasteiger partial charge in [0.05, 0.1) is 11.4 Å². The SMILES string of the molecule is Cc1cc(COc2cc(F)ccc2C(=O)O)n(C)n1. The zero-order chi connectivity index (χ0) is 14.0. The lowest BCUT2D eigenvalue weighted by atomic mass is 10.2. The molecule has 5 nitrogen and oxygen atoms in total. The van der Waals surface area contributed by atoms with Crippen molar-refractivity contribution in [1.29, 1.82) is 0 Å². The minimum absolute atomic E-state index is 0.00588. The molecule has 2 aromatic rings. The number of aromatic nitrogens is 2. The van der Waals surface area contributed by atoms with Crippen LogP contribution >= 0.6 is 0 Å². The van der Waals surface area contributed by atoms with Gasteiger partial charge in [-0.15, -0.1) is 0 Å². The lowest BCUT2D eigenvalue weighted by Crippen LogP contribution is -2.06. The Labute approximate surface area is 109 Å². The van der Waals surface area contributed by atoms with Crippen LogP contribution in [0, 0.1) is 12.7 Å². The van der Waals surface area contributed by atoms with E-state index < -0.39 is 11.8 Å². The Morgan fingerprint density at radius 2 is 2.21 bits per heavy atom. The lowest BCUT2D eigenvalue weighted by molar-refractivity contribution is 0.0691. The molecule has 0 aliphatic carbocycles. The number of hydrogen-bond donors (Lipinski definition) is 1. The first-order chi connectivity index (χ1) is 8.97. The largest absolute Gasteiger partial charge is 0.486 e. The van der Waals surface area contributed by atoms with Crippen LogP contribution in [0.2, 0.25) is 0 Å². The fraction of sp³-hybridized carbons (Fsp3) is 0.231. The summed E-state index contributed by atoms with van der Waals surface area (Å²) in [7, 11) is 1.76. The lowest BCUT2D eigenvalue weighted by Gasteiger charge is -2.09. The highest BCUT2D eigenvalue weighted by molar-refractivity contribution is 5.90. The van der Waals surface area contributed by atoms with Crippen molar-refractivity contribution in [2.45, 2.75) is 13.5 Å². The van der Waals surface area contributed by atoms with Crippen molar-refractivity contribution >= 4 is 5.97 Å². The molecule has 1 heterocycles. The van der Waals surface area contributed by atoms with Crippen molar-refractivity contribution in [3.63, 3.8) is 0 Å². The van der Waals surface area contributed by atoms with Gasteiger partial charge in [0.15, 0.2) is 0 Å². The van der Waals surface area contributed by atoms with Gasteiger partial charge in [0.25, 0.3) is 0 Å². The molecule has 0 aliphatic heterocycles. The highest BCUT2D eigenvalue weighted by Gasteiger charge is 2.13. The molecular formula is C13H13FN2O3. The number of aromatic carboxylic acids is 1. The maximum atomic E-state index is 13.1. The van der Waals surface area contributed by atoms with Crippen LogP contribution < -0.4 is 4.74 Å². The van der Waals surface area contributed by atoms with E-state index in [-0.39, 0.29) is 17.9 Å². The van der Waals surface area contributed by atoms with Crippen molar-refractivity contribution in [1.82, 2.24) is 9.78 Å². The summed E-state index contributed by atoms with van der Waals surface area (Å²) in [5.74, 6) is -1.69. The van der Waals surface area contributed by atoms with Gasteiger partial charge >= 0.3 is 5.97 Å². The monoisotopic (exact) mass is 264 g/mol. The maximum absolute atomic E-state index is 13.1. The fourth-order valence-corrected chi connectivity index (χ4v) is 1.74. The molecule has 2 rings (SSSR count). The molecule has 19 heavy (non-hydrogen) atoms. The average Bonchev–Trinajstić information content (AvgIpc) is 2.65. The molecule has 1 aromatic carbocycles. The van der Waals surface area contributed by atoms with Gasteiger partial charge in [-0.25, -0.2) is 9.18 Å². The number of hydrogen-bond acceptors (Lipinski definition) is 3. The van der Waals surface area contributed by atoms with Crippen LogP contribution in [-0.4, -0.2) is 20.9 Å². The number of nitrogens with zero attached hydrogens (tertiary/aromatic N) is 2. The maximum Gasteiger partial charge on any atom is 0.339 e. The second-order valence-electron chi connectivity index (χ2n) is 4.13. The molecule has 1 aromatic heterocycles. The summed E-state index contributed by atoms with van der Waals surface area (Å²) in [5, 5.41) is 13.1. The molecule has 0 fully saturated rings. The Balaban J connectivity index is 2.21. The molecule has 0 atom stereocenters. The third kappa shape index (κ3) is 2.90. The first-order valence-electron chi connectivity index (χ1n) is 5.62. The smallest absolute Gasteiger partial charge is 0.339 e. The molecule has 0 aliphatic rings. The van der Waals surface area contributed by atoms with Crippen molar-refractivity contribution in [2.75, 3.05) is 0 Å². The fourth-order valence-electron chi connectivity index (χ4n) is 1.74. The molecule has 6 heteroatoms. The highest BCUT2D eigenvalue weighted by Crippen LogP contribution is 2.21. The first kappa shape index (κ1) is 13.1. The summed E-state index contributed by atoms with van der Waals surface area (Å²) in [6.07, 6.45) is 0. The van der Waals surface area contributed by atoms with Gasteiger partial charge in [0.2, 0.25) is 0 Å². The van der Waals surface area contributed by atoms with Gasteiger partial charge < -0.3 is 9.84 Å². The molecule has 100 valence electrons. The molecule has 0 unspecified atom stereocenters. The molecule has 0 saturated carbocycles. The third-order valence-electron chi connectivity index (χ3n) is 2.65. The zero-order valence-corrected chi connectivity index (χ0v) is 10.6. The predicted octanol–water partition coefficient (Wildman–Crippen LogP) is 2.14. The van der Waals surface area contributed by atoms with Crippen LogP contribution in [-0.2, 0) is 13.7 Å². The molecular weight excluding hydrogens is 251 g/mol. The topological polar surface area (TPSA) is 64.3 Å².